The first-order valence-electron chi connectivity index (χ1n) is 8.95. The van der Waals surface area contributed by atoms with Gasteiger partial charge in [0.2, 0.25) is 0 Å². The van der Waals surface area contributed by atoms with E-state index in [-0.39, 0.29) is 17.9 Å². The van der Waals surface area contributed by atoms with Crippen LogP contribution in [0.1, 0.15) is 30.5 Å². The van der Waals surface area contributed by atoms with Gasteiger partial charge in [-0.3, -0.25) is 14.5 Å². The minimum atomic E-state index is 0.0109. The molecule has 2 aromatic rings. The van der Waals surface area contributed by atoms with E-state index in [1.165, 1.54) is 16.2 Å². The van der Waals surface area contributed by atoms with Crippen LogP contribution < -0.4 is 0 Å². The van der Waals surface area contributed by atoms with E-state index in [1.54, 1.807) is 7.05 Å². The Kier molecular flexibility index (Phi) is 5.84. The number of hydrogen-bond acceptors (Lipinski definition) is 3. The third-order valence-electron chi connectivity index (χ3n) is 4.65. The number of carbonyl (C=O) groups is 1. The summed E-state index contributed by atoms with van der Waals surface area (Å²) in [6.07, 6.45) is 0.901. The molecule has 0 bridgehead atoms. The predicted molar refractivity (Wildman–Crippen MR) is 98.8 cm³/mol. The Morgan fingerprint density at radius 2 is 1.60 bits per heavy atom. The van der Waals surface area contributed by atoms with Crippen molar-refractivity contribution < 1.29 is 9.63 Å². The average Bonchev–Trinajstić information content (AvgIpc) is 2.63. The van der Waals surface area contributed by atoms with Crippen LogP contribution in [-0.4, -0.2) is 42.6 Å². The zero-order valence-corrected chi connectivity index (χ0v) is 15.0. The second kappa shape index (κ2) is 8.28. The summed E-state index contributed by atoms with van der Waals surface area (Å²) in [6.45, 7) is 4.13. The van der Waals surface area contributed by atoms with Crippen LogP contribution in [0.4, 0.5) is 0 Å². The highest BCUT2D eigenvalue weighted by molar-refractivity contribution is 5.79. The van der Waals surface area contributed by atoms with Gasteiger partial charge in [-0.25, -0.2) is 5.06 Å². The third kappa shape index (κ3) is 4.09. The van der Waals surface area contributed by atoms with Gasteiger partial charge in [-0.05, 0) is 17.5 Å². The molecule has 4 nitrogen and oxygen atoms in total. The van der Waals surface area contributed by atoms with E-state index in [1.807, 2.05) is 19.1 Å². The number of carbonyl (C=O) groups excluding carboxylic acids is 1. The summed E-state index contributed by atoms with van der Waals surface area (Å²) in [5, 5.41) is 1.41. The first-order chi connectivity index (χ1) is 12.2. The Morgan fingerprint density at radius 1 is 1.08 bits per heavy atom. The lowest BCUT2D eigenvalue weighted by molar-refractivity contribution is -0.188. The van der Waals surface area contributed by atoms with Gasteiger partial charge in [0.1, 0.15) is 0 Å². The van der Waals surface area contributed by atoms with Gasteiger partial charge in [0, 0.05) is 20.1 Å². The molecule has 0 spiro atoms. The molecule has 1 heterocycles. The maximum Gasteiger partial charge on any atom is 0.251 e. The number of benzene rings is 2. The molecule has 25 heavy (non-hydrogen) atoms. The van der Waals surface area contributed by atoms with E-state index in [4.69, 9.17) is 4.84 Å². The monoisotopic (exact) mass is 338 g/mol. The highest BCUT2D eigenvalue weighted by atomic mass is 16.7. The fourth-order valence-corrected chi connectivity index (χ4v) is 3.31. The Hall–Kier alpha value is -2.17. The van der Waals surface area contributed by atoms with Gasteiger partial charge >= 0.3 is 0 Å². The highest BCUT2D eigenvalue weighted by Crippen LogP contribution is 2.34. The zero-order chi connectivity index (χ0) is 17.6. The zero-order valence-electron chi connectivity index (χ0n) is 15.0. The molecule has 4 heteroatoms. The number of rotatable bonds is 7. The van der Waals surface area contributed by atoms with Crippen molar-refractivity contribution in [1.82, 2.24) is 9.96 Å². The average molecular weight is 338 g/mol. The molecule has 0 radical (unpaired) electrons. The smallest absolute Gasteiger partial charge is 0.251 e. The van der Waals surface area contributed by atoms with Gasteiger partial charge in [0.05, 0.1) is 18.6 Å². The van der Waals surface area contributed by atoms with Crippen molar-refractivity contribution in [3.05, 3.63) is 71.8 Å². The highest BCUT2D eigenvalue weighted by Gasteiger charge is 2.39. The lowest BCUT2D eigenvalue weighted by atomic mass is 9.90. The summed E-state index contributed by atoms with van der Waals surface area (Å²) in [7, 11) is 1.71. The second-order valence-electron chi connectivity index (χ2n) is 6.54. The molecule has 1 amide bonds. The maximum absolute atomic E-state index is 12.4. The van der Waals surface area contributed by atoms with Gasteiger partial charge in [0.25, 0.3) is 5.91 Å². The van der Waals surface area contributed by atoms with Gasteiger partial charge in [-0.2, -0.15) is 0 Å². The number of hydrogen-bond donors (Lipinski definition) is 0. The minimum absolute atomic E-state index is 0.0109. The van der Waals surface area contributed by atoms with Gasteiger partial charge in [-0.1, -0.05) is 67.6 Å². The molecule has 3 rings (SSSR count). The van der Waals surface area contributed by atoms with E-state index in [9.17, 15) is 4.79 Å². The molecule has 0 saturated carbocycles. The lowest BCUT2D eigenvalue weighted by Gasteiger charge is -2.44. The molecular weight excluding hydrogens is 312 g/mol. The number of nitrogens with zero attached hydrogens (tertiary/aromatic N) is 2. The number of hydroxylamine groups is 2. The van der Waals surface area contributed by atoms with Crippen LogP contribution in [0, 0.1) is 5.92 Å². The van der Waals surface area contributed by atoms with E-state index in [0.717, 1.165) is 19.5 Å². The van der Waals surface area contributed by atoms with Gasteiger partial charge in [-0.15, -0.1) is 0 Å². The second-order valence-corrected chi connectivity index (χ2v) is 6.54. The van der Waals surface area contributed by atoms with Crippen molar-refractivity contribution in [3.8, 4) is 0 Å². The summed E-state index contributed by atoms with van der Waals surface area (Å²) >= 11 is 0. The molecule has 1 fully saturated rings. The summed E-state index contributed by atoms with van der Waals surface area (Å²) in [6, 6.07) is 21.2. The van der Waals surface area contributed by atoms with Crippen LogP contribution in [0.3, 0.4) is 0 Å². The van der Waals surface area contributed by atoms with Crippen LogP contribution in [0.25, 0.3) is 0 Å². The summed E-state index contributed by atoms with van der Waals surface area (Å²) < 4.78 is 0. The molecule has 1 saturated heterocycles. The Balaban J connectivity index is 1.70. The van der Waals surface area contributed by atoms with E-state index in [0.29, 0.717) is 6.61 Å². The summed E-state index contributed by atoms with van der Waals surface area (Å²) in [5.41, 5.74) is 2.52. The molecule has 0 aromatic heterocycles. The lowest BCUT2D eigenvalue weighted by Crippen LogP contribution is -2.55. The maximum atomic E-state index is 12.4. The minimum Gasteiger partial charge on any atom is -0.291 e. The summed E-state index contributed by atoms with van der Waals surface area (Å²) in [4.78, 5) is 20.2. The van der Waals surface area contributed by atoms with Crippen LogP contribution in [0.5, 0.6) is 0 Å². The molecular formula is C21H26N2O2. The van der Waals surface area contributed by atoms with E-state index >= 15 is 0 Å². The number of likely N-dealkylation sites (tertiary alicyclic amines) is 1. The van der Waals surface area contributed by atoms with Crippen LogP contribution in [0.15, 0.2) is 60.7 Å². The molecule has 0 aliphatic carbocycles. The molecule has 0 unspecified atom stereocenters. The molecule has 2 aromatic carbocycles. The predicted octanol–water partition coefficient (Wildman–Crippen LogP) is 3.51. The Bertz CT molecular complexity index is 629. The normalized spacial score (nSPS) is 15.2. The van der Waals surface area contributed by atoms with Crippen molar-refractivity contribution >= 4 is 5.91 Å². The van der Waals surface area contributed by atoms with Gasteiger partial charge < -0.3 is 0 Å². The van der Waals surface area contributed by atoms with Crippen molar-refractivity contribution in [2.75, 3.05) is 26.7 Å². The van der Waals surface area contributed by atoms with Crippen LogP contribution in [0.2, 0.25) is 0 Å². The van der Waals surface area contributed by atoms with E-state index in [2.05, 4.69) is 53.4 Å². The SMILES string of the molecule is CCCON(C)C(=O)C1CN(C(c2ccccc2)c2ccccc2)C1. The molecule has 1 aliphatic heterocycles. The van der Waals surface area contributed by atoms with E-state index < -0.39 is 0 Å². The summed E-state index contributed by atoms with van der Waals surface area (Å²) in [5.74, 6) is 0.0846. The van der Waals surface area contributed by atoms with Crippen molar-refractivity contribution in [3.63, 3.8) is 0 Å². The van der Waals surface area contributed by atoms with Crippen molar-refractivity contribution in [2.24, 2.45) is 5.92 Å². The largest absolute Gasteiger partial charge is 0.291 e. The van der Waals surface area contributed by atoms with Crippen molar-refractivity contribution in [2.45, 2.75) is 19.4 Å². The van der Waals surface area contributed by atoms with Crippen LogP contribution >= 0.6 is 0 Å². The molecule has 0 atom stereocenters. The Labute approximate surface area is 150 Å². The molecule has 1 aliphatic rings. The Morgan fingerprint density at radius 3 is 2.08 bits per heavy atom. The fraction of sp³-hybridized carbons (Fsp3) is 0.381. The fourth-order valence-electron chi connectivity index (χ4n) is 3.31. The third-order valence-corrected chi connectivity index (χ3v) is 4.65. The first kappa shape index (κ1) is 17.6. The topological polar surface area (TPSA) is 32.8 Å². The standard InChI is InChI=1S/C21H26N2O2/c1-3-14-25-22(2)21(24)19-15-23(16-19)20(17-10-6-4-7-11-17)18-12-8-5-9-13-18/h4-13,19-20H,3,14-16H2,1-2H3. The molecule has 132 valence electrons. The van der Waals surface area contributed by atoms with Crippen LogP contribution in [-0.2, 0) is 9.63 Å². The quantitative estimate of drug-likeness (QED) is 0.724. The first-order valence-corrected chi connectivity index (χ1v) is 8.95. The molecule has 0 N–H and O–H groups in total. The van der Waals surface area contributed by atoms with Gasteiger partial charge in [0.15, 0.2) is 0 Å². The van der Waals surface area contributed by atoms with Crippen molar-refractivity contribution in [1.29, 1.82) is 0 Å². The number of amides is 1.